The van der Waals surface area contributed by atoms with Crippen LogP contribution in [0.15, 0.2) is 91.1 Å². The van der Waals surface area contributed by atoms with Crippen LogP contribution in [0.5, 0.6) is 0 Å². The number of aromatic amines is 1. The van der Waals surface area contributed by atoms with Crippen LogP contribution in [-0.2, 0) is 6.54 Å². The Hall–Kier alpha value is -4.32. The lowest BCUT2D eigenvalue weighted by molar-refractivity contribution is 0.102. The first-order chi connectivity index (χ1) is 17.2. The van der Waals surface area contributed by atoms with E-state index in [1.54, 1.807) is 0 Å². The van der Waals surface area contributed by atoms with Crippen LogP contribution in [0.2, 0.25) is 0 Å². The number of nitrogens with zero attached hydrogens (tertiary/aromatic N) is 3. The highest BCUT2D eigenvalue weighted by Gasteiger charge is 2.14. The Balaban J connectivity index is 1.18. The second kappa shape index (κ2) is 9.14. The molecule has 0 saturated carbocycles. The monoisotopic (exact) mass is 461 g/mol. The summed E-state index contributed by atoms with van der Waals surface area (Å²) in [5, 5.41) is 11.5. The van der Waals surface area contributed by atoms with E-state index in [9.17, 15) is 4.79 Å². The molecular weight excluding hydrogens is 434 g/mol. The zero-order chi connectivity index (χ0) is 23.6. The number of rotatable bonds is 6. The summed E-state index contributed by atoms with van der Waals surface area (Å²) in [6.07, 6.45) is 4.58. The van der Waals surface area contributed by atoms with Crippen LogP contribution in [0.3, 0.4) is 0 Å². The zero-order valence-electron chi connectivity index (χ0n) is 19.4. The molecule has 0 bridgehead atoms. The molecule has 35 heavy (non-hydrogen) atoms. The summed E-state index contributed by atoms with van der Waals surface area (Å²) in [5.74, 6) is 0.425. The molecule has 3 aromatic carbocycles. The van der Waals surface area contributed by atoms with Gasteiger partial charge in [-0.15, -0.1) is 0 Å². The van der Waals surface area contributed by atoms with Crippen molar-refractivity contribution in [3.05, 3.63) is 102 Å². The predicted molar refractivity (Wildman–Crippen MR) is 141 cm³/mol. The average Bonchev–Trinajstić information content (AvgIpc) is 3.67. The number of aromatic nitrogens is 3. The van der Waals surface area contributed by atoms with Crippen LogP contribution in [0.1, 0.15) is 28.8 Å². The van der Waals surface area contributed by atoms with Crippen molar-refractivity contribution in [1.82, 2.24) is 14.8 Å². The standard InChI is InChI=1S/C29H27N5O/c35-29(23-10-12-25(13-11-23)33-15-4-5-16-33)30-28-19-26(31-32-28)24-9-8-22-14-17-34(27(22)18-24)20-21-6-2-1-3-7-21/h1-3,6-14,17-19H,4-5,15-16,20H2,(H2,30,31,32,35). The number of fused-ring (bicyclic) bond motifs is 1. The van der Waals surface area contributed by atoms with Crippen molar-refractivity contribution < 1.29 is 4.79 Å². The number of hydrogen-bond donors (Lipinski definition) is 2. The van der Waals surface area contributed by atoms with Crippen LogP contribution in [0.25, 0.3) is 22.2 Å². The molecule has 1 aliphatic heterocycles. The Bertz CT molecular complexity index is 1460. The minimum atomic E-state index is -0.152. The maximum absolute atomic E-state index is 12.8. The van der Waals surface area contributed by atoms with Crippen molar-refractivity contribution in [3.63, 3.8) is 0 Å². The molecule has 1 amide bonds. The van der Waals surface area contributed by atoms with Crippen LogP contribution in [0.4, 0.5) is 11.5 Å². The van der Waals surface area contributed by atoms with E-state index in [1.807, 2.05) is 36.4 Å². The Morgan fingerprint density at radius 2 is 1.71 bits per heavy atom. The van der Waals surface area contributed by atoms with Gasteiger partial charge in [0, 0.05) is 54.2 Å². The number of benzene rings is 3. The van der Waals surface area contributed by atoms with Gasteiger partial charge in [0.05, 0.1) is 5.69 Å². The number of hydrogen-bond acceptors (Lipinski definition) is 3. The lowest BCUT2D eigenvalue weighted by Gasteiger charge is -2.17. The van der Waals surface area contributed by atoms with E-state index in [2.05, 4.69) is 79.7 Å². The zero-order valence-corrected chi connectivity index (χ0v) is 19.4. The largest absolute Gasteiger partial charge is 0.372 e. The summed E-state index contributed by atoms with van der Waals surface area (Å²) in [6.45, 7) is 2.99. The summed E-state index contributed by atoms with van der Waals surface area (Å²) in [5.41, 5.74) is 6.00. The van der Waals surface area contributed by atoms with Gasteiger partial charge in [0.1, 0.15) is 5.82 Å². The summed E-state index contributed by atoms with van der Waals surface area (Å²) in [7, 11) is 0. The van der Waals surface area contributed by atoms with Gasteiger partial charge < -0.3 is 14.8 Å². The van der Waals surface area contributed by atoms with Gasteiger partial charge >= 0.3 is 0 Å². The van der Waals surface area contributed by atoms with Gasteiger partial charge in [0.15, 0.2) is 0 Å². The third-order valence-corrected chi connectivity index (χ3v) is 6.69. The van der Waals surface area contributed by atoms with Gasteiger partial charge in [-0.05, 0) is 60.2 Å². The minimum Gasteiger partial charge on any atom is -0.372 e. The van der Waals surface area contributed by atoms with Crippen molar-refractivity contribution in [2.24, 2.45) is 0 Å². The van der Waals surface area contributed by atoms with Gasteiger partial charge in [-0.1, -0.05) is 42.5 Å². The van der Waals surface area contributed by atoms with Crippen molar-refractivity contribution in [2.75, 3.05) is 23.3 Å². The first-order valence-corrected chi connectivity index (χ1v) is 12.1. The molecule has 6 nitrogen and oxygen atoms in total. The topological polar surface area (TPSA) is 66.0 Å². The number of carbonyl (C=O) groups is 1. The van der Waals surface area contributed by atoms with Crippen LogP contribution < -0.4 is 10.2 Å². The maximum atomic E-state index is 12.8. The molecular formula is C29H27N5O. The fourth-order valence-corrected chi connectivity index (χ4v) is 4.79. The van der Waals surface area contributed by atoms with Crippen molar-refractivity contribution in [3.8, 4) is 11.3 Å². The summed E-state index contributed by atoms with van der Waals surface area (Å²) >= 11 is 0. The van der Waals surface area contributed by atoms with E-state index in [-0.39, 0.29) is 5.91 Å². The van der Waals surface area contributed by atoms with Crippen molar-refractivity contribution in [1.29, 1.82) is 0 Å². The second-order valence-corrected chi connectivity index (χ2v) is 9.06. The Morgan fingerprint density at radius 3 is 2.51 bits per heavy atom. The Labute approximate surface area is 204 Å². The molecule has 0 atom stereocenters. The number of amides is 1. The molecule has 3 heterocycles. The van der Waals surface area contributed by atoms with Gasteiger partial charge in [-0.25, -0.2) is 0 Å². The summed E-state index contributed by atoms with van der Waals surface area (Å²) in [4.78, 5) is 15.1. The van der Waals surface area contributed by atoms with Crippen LogP contribution >= 0.6 is 0 Å². The van der Waals surface area contributed by atoms with Crippen LogP contribution in [-0.4, -0.2) is 33.8 Å². The van der Waals surface area contributed by atoms with E-state index in [1.165, 1.54) is 29.5 Å². The molecule has 0 radical (unpaired) electrons. The fourth-order valence-electron chi connectivity index (χ4n) is 4.79. The molecule has 174 valence electrons. The van der Waals surface area contributed by atoms with Crippen molar-refractivity contribution in [2.45, 2.75) is 19.4 Å². The third-order valence-electron chi connectivity index (χ3n) is 6.69. The smallest absolute Gasteiger partial charge is 0.256 e. The molecule has 1 fully saturated rings. The highest BCUT2D eigenvalue weighted by Crippen LogP contribution is 2.26. The SMILES string of the molecule is O=C(Nc1cc(-c2ccc3ccn(Cc4ccccc4)c3c2)n[nH]1)c1ccc(N2CCCC2)cc1. The van der Waals surface area contributed by atoms with E-state index in [4.69, 9.17) is 0 Å². The molecule has 0 spiro atoms. The second-order valence-electron chi connectivity index (χ2n) is 9.06. The van der Waals surface area contributed by atoms with E-state index < -0.39 is 0 Å². The number of anilines is 2. The van der Waals surface area contributed by atoms with Crippen LogP contribution in [0, 0.1) is 0 Å². The molecule has 0 unspecified atom stereocenters. The maximum Gasteiger partial charge on any atom is 0.256 e. The molecule has 2 aromatic heterocycles. The van der Waals surface area contributed by atoms with Gasteiger partial charge in [-0.2, -0.15) is 5.10 Å². The number of H-pyrrole nitrogens is 1. The molecule has 2 N–H and O–H groups in total. The van der Waals surface area contributed by atoms with Gasteiger partial charge in [0.25, 0.3) is 5.91 Å². The minimum absolute atomic E-state index is 0.152. The highest BCUT2D eigenvalue weighted by atomic mass is 16.1. The number of nitrogens with one attached hydrogen (secondary N) is 2. The lowest BCUT2D eigenvalue weighted by Crippen LogP contribution is -2.18. The normalized spacial score (nSPS) is 13.4. The molecule has 1 aliphatic rings. The van der Waals surface area contributed by atoms with E-state index in [0.717, 1.165) is 36.4 Å². The van der Waals surface area contributed by atoms with Crippen molar-refractivity contribution >= 4 is 28.3 Å². The summed E-state index contributed by atoms with van der Waals surface area (Å²) < 4.78 is 2.25. The average molecular weight is 462 g/mol. The lowest BCUT2D eigenvalue weighted by atomic mass is 10.1. The first kappa shape index (κ1) is 21.2. The molecule has 6 heteroatoms. The Morgan fingerprint density at radius 1 is 0.914 bits per heavy atom. The Kier molecular flexibility index (Phi) is 5.54. The molecule has 6 rings (SSSR count). The predicted octanol–water partition coefficient (Wildman–Crippen LogP) is 5.93. The fraction of sp³-hybridized carbons (Fsp3) is 0.172. The molecule has 0 aliphatic carbocycles. The first-order valence-electron chi connectivity index (χ1n) is 12.1. The van der Waals surface area contributed by atoms with Gasteiger partial charge in [-0.3, -0.25) is 9.89 Å². The quantitative estimate of drug-likeness (QED) is 0.329. The summed E-state index contributed by atoms with van der Waals surface area (Å²) in [6, 6.07) is 28.6. The van der Waals surface area contributed by atoms with E-state index >= 15 is 0 Å². The third kappa shape index (κ3) is 4.43. The number of carbonyl (C=O) groups excluding carboxylic acids is 1. The molecule has 5 aromatic rings. The highest BCUT2D eigenvalue weighted by molar-refractivity contribution is 6.04. The van der Waals surface area contributed by atoms with Gasteiger partial charge in [0.2, 0.25) is 0 Å². The molecule has 1 saturated heterocycles. The van der Waals surface area contributed by atoms with E-state index in [0.29, 0.717) is 11.4 Å².